The van der Waals surface area contributed by atoms with E-state index in [-0.39, 0.29) is 0 Å². The van der Waals surface area contributed by atoms with E-state index in [9.17, 15) is 0 Å². The Morgan fingerprint density at radius 1 is 1.12 bits per heavy atom. The quantitative estimate of drug-likeness (QED) is 0.564. The van der Waals surface area contributed by atoms with Gasteiger partial charge in [-0.3, -0.25) is 0 Å². The average molecular weight is 432 g/mol. The standard InChI is InChI=1S/C19H18BrN3O2S/c1-12-5-3-4-6-14(12)18-21-22-19(23(18)2)26-11-13-9-16-17(10-15(13)20)25-8-7-24-16/h3-6,9-10H,7-8,11H2,1-2H3. The first-order chi connectivity index (χ1) is 12.6. The normalized spacial score (nSPS) is 13.0. The van der Waals surface area contributed by atoms with Gasteiger partial charge in [0.15, 0.2) is 22.5 Å². The van der Waals surface area contributed by atoms with Gasteiger partial charge in [0.05, 0.1) is 0 Å². The van der Waals surface area contributed by atoms with Gasteiger partial charge in [-0.15, -0.1) is 10.2 Å². The fraction of sp³-hybridized carbons (Fsp3) is 0.263. The zero-order valence-corrected chi connectivity index (χ0v) is 16.9. The lowest BCUT2D eigenvalue weighted by atomic mass is 10.1. The molecule has 3 aromatic rings. The van der Waals surface area contributed by atoms with Gasteiger partial charge in [0.25, 0.3) is 0 Å². The summed E-state index contributed by atoms with van der Waals surface area (Å²) in [4.78, 5) is 0. The smallest absolute Gasteiger partial charge is 0.191 e. The molecule has 0 fully saturated rings. The van der Waals surface area contributed by atoms with Crippen LogP contribution in [0.15, 0.2) is 46.0 Å². The Hall–Kier alpha value is -1.99. The third kappa shape index (κ3) is 3.33. The van der Waals surface area contributed by atoms with Crippen LogP contribution < -0.4 is 9.47 Å². The highest BCUT2D eigenvalue weighted by Crippen LogP contribution is 2.38. The second-order valence-electron chi connectivity index (χ2n) is 6.06. The number of hydrogen-bond donors (Lipinski definition) is 0. The number of nitrogens with zero attached hydrogens (tertiary/aromatic N) is 3. The molecule has 134 valence electrons. The fourth-order valence-electron chi connectivity index (χ4n) is 2.86. The molecule has 0 aliphatic carbocycles. The number of rotatable bonds is 4. The lowest BCUT2D eigenvalue weighted by molar-refractivity contribution is 0.171. The highest BCUT2D eigenvalue weighted by atomic mass is 79.9. The number of benzene rings is 2. The van der Waals surface area contributed by atoms with E-state index in [0.717, 1.165) is 43.8 Å². The van der Waals surface area contributed by atoms with Crippen molar-refractivity contribution in [2.75, 3.05) is 13.2 Å². The van der Waals surface area contributed by atoms with Crippen molar-refractivity contribution in [1.29, 1.82) is 0 Å². The maximum atomic E-state index is 5.68. The molecule has 1 aliphatic heterocycles. The number of thioether (sulfide) groups is 1. The molecule has 0 unspecified atom stereocenters. The van der Waals surface area contributed by atoms with E-state index < -0.39 is 0 Å². The number of ether oxygens (including phenoxy) is 2. The molecule has 0 bridgehead atoms. The average Bonchev–Trinajstić information content (AvgIpc) is 3.01. The van der Waals surface area contributed by atoms with Gasteiger partial charge in [-0.05, 0) is 30.2 Å². The Morgan fingerprint density at radius 2 is 1.85 bits per heavy atom. The minimum absolute atomic E-state index is 0.588. The van der Waals surface area contributed by atoms with E-state index >= 15 is 0 Å². The summed E-state index contributed by atoms with van der Waals surface area (Å²) in [5.74, 6) is 3.23. The monoisotopic (exact) mass is 431 g/mol. The summed E-state index contributed by atoms with van der Waals surface area (Å²) in [5, 5.41) is 9.64. The number of aromatic nitrogens is 3. The van der Waals surface area contributed by atoms with Crippen LogP contribution in [0.1, 0.15) is 11.1 Å². The van der Waals surface area contributed by atoms with Crippen molar-refractivity contribution >= 4 is 27.7 Å². The molecular formula is C19H18BrN3O2S. The molecule has 2 aromatic carbocycles. The lowest BCUT2D eigenvalue weighted by Crippen LogP contribution is -2.15. The maximum Gasteiger partial charge on any atom is 0.191 e. The number of halogens is 1. The van der Waals surface area contributed by atoms with Crippen molar-refractivity contribution < 1.29 is 9.47 Å². The Kier molecular flexibility index (Phi) is 4.91. The summed E-state index contributed by atoms with van der Waals surface area (Å²) >= 11 is 5.28. The highest BCUT2D eigenvalue weighted by molar-refractivity contribution is 9.10. The zero-order valence-electron chi connectivity index (χ0n) is 14.5. The molecule has 1 aromatic heterocycles. The number of hydrogen-bond acceptors (Lipinski definition) is 5. The molecule has 0 amide bonds. The van der Waals surface area contributed by atoms with Crippen LogP contribution in [-0.4, -0.2) is 28.0 Å². The van der Waals surface area contributed by atoms with E-state index in [1.54, 1.807) is 11.8 Å². The van der Waals surface area contributed by atoms with Crippen molar-refractivity contribution in [3.05, 3.63) is 52.0 Å². The van der Waals surface area contributed by atoms with Gasteiger partial charge in [-0.25, -0.2) is 0 Å². The summed E-state index contributed by atoms with van der Waals surface area (Å²) < 4.78 is 14.3. The molecule has 0 radical (unpaired) electrons. The predicted octanol–water partition coefficient (Wildman–Crippen LogP) is 4.62. The van der Waals surface area contributed by atoms with Gasteiger partial charge in [-0.1, -0.05) is 52.0 Å². The van der Waals surface area contributed by atoms with Crippen molar-refractivity contribution in [3.8, 4) is 22.9 Å². The lowest BCUT2D eigenvalue weighted by Gasteiger charge is -2.19. The molecule has 0 saturated carbocycles. The van der Waals surface area contributed by atoms with Gasteiger partial charge in [0.1, 0.15) is 13.2 Å². The SMILES string of the molecule is Cc1ccccc1-c1nnc(SCc2cc3c(cc2Br)OCCO3)n1C. The molecule has 7 heteroatoms. The Bertz CT molecular complexity index is 958. The summed E-state index contributed by atoms with van der Waals surface area (Å²) in [6.45, 7) is 3.27. The van der Waals surface area contributed by atoms with Gasteiger partial charge in [-0.2, -0.15) is 0 Å². The van der Waals surface area contributed by atoms with Crippen LogP contribution in [0.25, 0.3) is 11.4 Å². The van der Waals surface area contributed by atoms with E-state index in [1.807, 2.05) is 35.9 Å². The molecule has 0 atom stereocenters. The van der Waals surface area contributed by atoms with Gasteiger partial charge in [0.2, 0.25) is 0 Å². The second kappa shape index (κ2) is 7.32. The molecule has 5 nitrogen and oxygen atoms in total. The van der Waals surface area contributed by atoms with Crippen LogP contribution in [-0.2, 0) is 12.8 Å². The van der Waals surface area contributed by atoms with Crippen molar-refractivity contribution in [1.82, 2.24) is 14.8 Å². The molecule has 4 rings (SSSR count). The Morgan fingerprint density at radius 3 is 2.62 bits per heavy atom. The van der Waals surface area contributed by atoms with Crippen LogP contribution in [0.4, 0.5) is 0 Å². The molecule has 0 spiro atoms. The molecule has 26 heavy (non-hydrogen) atoms. The van der Waals surface area contributed by atoms with Crippen molar-refractivity contribution in [2.45, 2.75) is 17.8 Å². The van der Waals surface area contributed by atoms with Crippen LogP contribution in [0.3, 0.4) is 0 Å². The second-order valence-corrected chi connectivity index (χ2v) is 7.85. The largest absolute Gasteiger partial charge is 0.486 e. The third-order valence-electron chi connectivity index (χ3n) is 4.29. The van der Waals surface area contributed by atoms with Crippen molar-refractivity contribution in [3.63, 3.8) is 0 Å². The van der Waals surface area contributed by atoms with Crippen LogP contribution in [0.5, 0.6) is 11.5 Å². The maximum absolute atomic E-state index is 5.68. The Labute approximate surface area is 164 Å². The first kappa shape index (κ1) is 17.4. The molecule has 1 aliphatic rings. The van der Waals surface area contributed by atoms with E-state index in [2.05, 4.69) is 45.2 Å². The topological polar surface area (TPSA) is 49.2 Å². The molecular weight excluding hydrogens is 414 g/mol. The molecule has 2 heterocycles. The number of aryl methyl sites for hydroxylation is 1. The predicted molar refractivity (Wildman–Crippen MR) is 106 cm³/mol. The van der Waals surface area contributed by atoms with Crippen LogP contribution >= 0.6 is 27.7 Å². The summed E-state index contributed by atoms with van der Waals surface area (Å²) in [7, 11) is 2.00. The van der Waals surface area contributed by atoms with Crippen LogP contribution in [0, 0.1) is 6.92 Å². The molecule has 0 N–H and O–H groups in total. The summed E-state index contributed by atoms with van der Waals surface area (Å²) in [6.07, 6.45) is 0. The minimum Gasteiger partial charge on any atom is -0.486 e. The van der Waals surface area contributed by atoms with E-state index in [0.29, 0.717) is 13.2 Å². The number of fused-ring (bicyclic) bond motifs is 1. The van der Waals surface area contributed by atoms with E-state index in [4.69, 9.17) is 9.47 Å². The van der Waals surface area contributed by atoms with E-state index in [1.165, 1.54) is 5.56 Å². The van der Waals surface area contributed by atoms with Gasteiger partial charge >= 0.3 is 0 Å². The summed E-state index contributed by atoms with van der Waals surface area (Å²) in [6, 6.07) is 12.2. The van der Waals surface area contributed by atoms with Crippen LogP contribution in [0.2, 0.25) is 0 Å². The summed E-state index contributed by atoms with van der Waals surface area (Å²) in [5.41, 5.74) is 3.43. The minimum atomic E-state index is 0.588. The third-order valence-corrected chi connectivity index (χ3v) is 6.10. The Balaban J connectivity index is 1.55. The first-order valence-electron chi connectivity index (χ1n) is 8.29. The van der Waals surface area contributed by atoms with Gasteiger partial charge < -0.3 is 14.0 Å². The zero-order chi connectivity index (χ0) is 18.1. The van der Waals surface area contributed by atoms with Gasteiger partial charge in [0, 0.05) is 22.8 Å². The van der Waals surface area contributed by atoms with Crippen molar-refractivity contribution in [2.24, 2.45) is 7.05 Å². The first-order valence-corrected chi connectivity index (χ1v) is 10.1. The fourth-order valence-corrected chi connectivity index (χ4v) is 4.41. The highest BCUT2D eigenvalue weighted by Gasteiger charge is 2.17. The molecule has 0 saturated heterocycles.